The smallest absolute Gasteiger partial charge is 0.370 e. The number of carbonyl (C=O) groups is 2. The fourth-order valence-corrected chi connectivity index (χ4v) is 1.39. The Kier molecular flexibility index (Phi) is 6.13. The van der Waals surface area contributed by atoms with Gasteiger partial charge in [-0.3, -0.25) is 0 Å². The zero-order valence-electron chi connectivity index (χ0n) is 9.13. The van der Waals surface area contributed by atoms with Gasteiger partial charge in [-0.15, -0.1) is 0 Å². The van der Waals surface area contributed by atoms with E-state index in [1.54, 1.807) is 30.3 Å². The van der Waals surface area contributed by atoms with Gasteiger partial charge in [0.1, 0.15) is 0 Å². The van der Waals surface area contributed by atoms with Gasteiger partial charge in [0.05, 0.1) is 5.56 Å². The van der Waals surface area contributed by atoms with Crippen LogP contribution in [0.3, 0.4) is 0 Å². The van der Waals surface area contributed by atoms with Crippen LogP contribution in [0, 0.1) is 0 Å². The number of ether oxygens (including phenoxy) is 2. The third-order valence-corrected chi connectivity index (χ3v) is 2.51. The molecule has 0 amide bonds. The molecule has 92 valence electrons. The van der Waals surface area contributed by atoms with Crippen molar-refractivity contribution in [1.82, 2.24) is 0 Å². The van der Waals surface area contributed by atoms with Gasteiger partial charge < -0.3 is 15.2 Å². The zero-order chi connectivity index (χ0) is 12.5. The van der Waals surface area contributed by atoms with E-state index in [2.05, 4.69) is 4.74 Å². The van der Waals surface area contributed by atoms with E-state index in [1.807, 2.05) is 0 Å². The summed E-state index contributed by atoms with van der Waals surface area (Å²) in [6, 6.07) is 8.47. The van der Waals surface area contributed by atoms with Crippen LogP contribution in [0.1, 0.15) is 10.4 Å². The number of thioether (sulfide) groups is 1. The largest absolute Gasteiger partial charge is 0.424 e. The highest BCUT2D eigenvalue weighted by Gasteiger charge is 2.07. The Bertz CT molecular complexity index is 369. The first kappa shape index (κ1) is 13.5. The van der Waals surface area contributed by atoms with E-state index in [-0.39, 0.29) is 6.79 Å². The van der Waals surface area contributed by atoms with Crippen LogP contribution >= 0.6 is 11.8 Å². The summed E-state index contributed by atoms with van der Waals surface area (Å²) in [6.45, 7) is 0.00764. The molecule has 0 saturated carbocycles. The molecule has 5 nitrogen and oxygen atoms in total. The van der Waals surface area contributed by atoms with Crippen molar-refractivity contribution >= 4 is 23.0 Å². The van der Waals surface area contributed by atoms with Gasteiger partial charge in [0.2, 0.25) is 6.79 Å². The summed E-state index contributed by atoms with van der Waals surface area (Å²) in [5.74, 6) is -0.0481. The van der Waals surface area contributed by atoms with Crippen LogP contribution in [-0.2, 0) is 9.47 Å². The fourth-order valence-electron chi connectivity index (χ4n) is 0.973. The number of esters is 1. The molecule has 0 radical (unpaired) electrons. The molecule has 0 aliphatic heterocycles. The van der Waals surface area contributed by atoms with Crippen molar-refractivity contribution in [2.24, 2.45) is 5.73 Å². The van der Waals surface area contributed by atoms with Gasteiger partial charge in [-0.2, -0.15) is 0 Å². The molecule has 0 spiro atoms. The molecule has 17 heavy (non-hydrogen) atoms. The van der Waals surface area contributed by atoms with Crippen LogP contribution in [0.4, 0.5) is 4.79 Å². The molecule has 0 atom stereocenters. The van der Waals surface area contributed by atoms with E-state index in [1.165, 1.54) is 0 Å². The van der Waals surface area contributed by atoms with Gasteiger partial charge in [0, 0.05) is 12.3 Å². The lowest BCUT2D eigenvalue weighted by molar-refractivity contribution is 0.00409. The molecule has 6 heteroatoms. The Morgan fingerprint density at radius 3 is 2.53 bits per heavy atom. The summed E-state index contributed by atoms with van der Waals surface area (Å²) < 4.78 is 9.41. The van der Waals surface area contributed by atoms with Crippen LogP contribution in [0.25, 0.3) is 0 Å². The van der Waals surface area contributed by atoms with Gasteiger partial charge >= 0.3 is 11.3 Å². The van der Waals surface area contributed by atoms with Crippen molar-refractivity contribution < 1.29 is 19.1 Å². The Morgan fingerprint density at radius 2 is 1.88 bits per heavy atom. The van der Waals surface area contributed by atoms with E-state index in [4.69, 9.17) is 10.5 Å². The Morgan fingerprint density at radius 1 is 1.18 bits per heavy atom. The molecular weight excluding hydrogens is 242 g/mol. The van der Waals surface area contributed by atoms with Gasteiger partial charge in [-0.25, -0.2) is 9.59 Å². The van der Waals surface area contributed by atoms with E-state index in [9.17, 15) is 9.59 Å². The lowest BCUT2D eigenvalue weighted by Crippen LogP contribution is -2.11. The highest BCUT2D eigenvalue weighted by molar-refractivity contribution is 8.13. The second-order valence-electron chi connectivity index (χ2n) is 2.95. The molecule has 0 heterocycles. The van der Waals surface area contributed by atoms with Crippen LogP contribution in [0.5, 0.6) is 0 Å². The fraction of sp³-hybridized carbons (Fsp3) is 0.273. The third-order valence-electron chi connectivity index (χ3n) is 1.71. The lowest BCUT2D eigenvalue weighted by atomic mass is 10.2. The van der Waals surface area contributed by atoms with Crippen molar-refractivity contribution in [2.45, 2.75) is 0 Å². The first-order valence-corrected chi connectivity index (χ1v) is 5.94. The van der Waals surface area contributed by atoms with Crippen molar-refractivity contribution in [1.29, 1.82) is 0 Å². The average molecular weight is 255 g/mol. The molecule has 0 aromatic heterocycles. The highest BCUT2D eigenvalue weighted by Crippen LogP contribution is 2.05. The average Bonchev–Trinajstić information content (AvgIpc) is 2.37. The van der Waals surface area contributed by atoms with E-state index in [0.29, 0.717) is 17.9 Å². The molecule has 0 aliphatic rings. The SMILES string of the molecule is NCCSC(=O)OCOC(=O)c1ccccc1. The van der Waals surface area contributed by atoms with Gasteiger partial charge in [0.25, 0.3) is 0 Å². The normalized spacial score (nSPS) is 9.71. The van der Waals surface area contributed by atoms with Gasteiger partial charge in [-0.1, -0.05) is 18.2 Å². The molecule has 0 fully saturated rings. The maximum absolute atomic E-state index is 11.4. The molecular formula is C11H13NO4S. The number of benzene rings is 1. The number of nitrogens with two attached hydrogens (primary N) is 1. The quantitative estimate of drug-likeness (QED) is 0.636. The maximum atomic E-state index is 11.4. The predicted molar refractivity (Wildman–Crippen MR) is 64.7 cm³/mol. The molecule has 1 aromatic carbocycles. The minimum absolute atomic E-state index is 0.385. The third kappa shape index (κ3) is 5.37. The molecule has 0 saturated heterocycles. The minimum atomic E-state index is -0.526. The first-order chi connectivity index (χ1) is 8.24. The van der Waals surface area contributed by atoms with E-state index >= 15 is 0 Å². The van der Waals surface area contributed by atoms with Crippen molar-refractivity contribution in [3.8, 4) is 0 Å². The van der Waals surface area contributed by atoms with Gasteiger partial charge in [-0.05, 0) is 23.9 Å². The van der Waals surface area contributed by atoms with Crippen LogP contribution < -0.4 is 5.73 Å². The molecule has 2 N–H and O–H groups in total. The molecule has 0 unspecified atom stereocenters. The zero-order valence-corrected chi connectivity index (χ0v) is 9.94. The predicted octanol–water partition coefficient (Wildman–Crippen LogP) is 1.63. The summed E-state index contributed by atoms with van der Waals surface area (Å²) in [4.78, 5) is 22.4. The van der Waals surface area contributed by atoms with Crippen LogP contribution in [0.2, 0.25) is 0 Å². The second-order valence-corrected chi connectivity index (χ2v) is 3.98. The molecule has 1 rings (SSSR count). The highest BCUT2D eigenvalue weighted by atomic mass is 32.2. The van der Waals surface area contributed by atoms with E-state index in [0.717, 1.165) is 11.8 Å². The van der Waals surface area contributed by atoms with Crippen LogP contribution in [0.15, 0.2) is 30.3 Å². The topological polar surface area (TPSA) is 78.6 Å². The number of rotatable bonds is 5. The minimum Gasteiger partial charge on any atom is -0.424 e. The molecule has 1 aromatic rings. The second kappa shape index (κ2) is 7.70. The summed E-state index contributed by atoms with van der Waals surface area (Å²) in [5.41, 5.74) is 5.63. The summed E-state index contributed by atoms with van der Waals surface area (Å²) >= 11 is 0.946. The standard InChI is InChI=1S/C11H13NO4S/c12-6-7-17-11(14)16-8-15-10(13)9-4-2-1-3-5-9/h1-5H,6-8,12H2. The Labute approximate surface area is 103 Å². The molecule has 0 aliphatic carbocycles. The summed E-state index contributed by atoms with van der Waals surface area (Å²) in [5, 5.41) is -0.503. The maximum Gasteiger partial charge on any atom is 0.370 e. The Balaban J connectivity index is 2.23. The summed E-state index contributed by atoms with van der Waals surface area (Å²) in [7, 11) is 0. The number of hydrogen-bond acceptors (Lipinski definition) is 6. The van der Waals surface area contributed by atoms with Gasteiger partial charge in [0.15, 0.2) is 0 Å². The lowest BCUT2D eigenvalue weighted by Gasteiger charge is -2.05. The van der Waals surface area contributed by atoms with Crippen LogP contribution in [-0.4, -0.2) is 30.4 Å². The monoisotopic (exact) mass is 255 g/mol. The number of carbonyl (C=O) groups excluding carboxylic acids is 2. The van der Waals surface area contributed by atoms with Crippen molar-refractivity contribution in [2.75, 3.05) is 19.1 Å². The van der Waals surface area contributed by atoms with E-state index < -0.39 is 11.3 Å². The summed E-state index contributed by atoms with van der Waals surface area (Å²) in [6.07, 6.45) is 0. The molecule has 0 bridgehead atoms. The first-order valence-electron chi connectivity index (χ1n) is 4.96. The van der Waals surface area contributed by atoms with Crippen molar-refractivity contribution in [3.05, 3.63) is 35.9 Å². The Hall–Kier alpha value is -1.53. The number of hydrogen-bond donors (Lipinski definition) is 1. The van der Waals surface area contributed by atoms with Crippen molar-refractivity contribution in [3.63, 3.8) is 0 Å².